The van der Waals surface area contributed by atoms with Gasteiger partial charge >= 0.3 is 0 Å². The second-order valence-corrected chi connectivity index (χ2v) is 5.82. The van der Waals surface area contributed by atoms with Crippen molar-refractivity contribution in [1.29, 1.82) is 0 Å². The van der Waals surface area contributed by atoms with Gasteiger partial charge in [-0.15, -0.1) is 0 Å². The number of hydrogen-bond donors (Lipinski definition) is 2. The lowest BCUT2D eigenvalue weighted by atomic mass is 10.1. The highest BCUT2D eigenvalue weighted by atomic mass is 16.2. The minimum atomic E-state index is -0.0535. The van der Waals surface area contributed by atoms with Gasteiger partial charge in [0.05, 0.1) is 12.8 Å². The summed E-state index contributed by atoms with van der Waals surface area (Å²) in [5.74, 6) is -0.0472. The van der Waals surface area contributed by atoms with E-state index < -0.39 is 0 Å². The van der Waals surface area contributed by atoms with Crippen LogP contribution in [0.5, 0.6) is 0 Å². The van der Waals surface area contributed by atoms with Crippen LogP contribution in [-0.4, -0.2) is 11.8 Å². The van der Waals surface area contributed by atoms with Crippen LogP contribution in [0.2, 0.25) is 0 Å². The standard InChI is InChI=1S/C18H18N2O2/c1-11-5-12(2)7-15(6-11)19-17(21)9-13-3-4-16-14(8-13)10-18(22)20-16/h3-8H,9-10H2,1-2H3,(H,19,21)(H,20,22). The minimum absolute atomic E-state index is 0.00633. The first-order valence-electron chi connectivity index (χ1n) is 7.29. The Hall–Kier alpha value is -2.62. The molecule has 0 bridgehead atoms. The zero-order chi connectivity index (χ0) is 15.7. The molecule has 2 aromatic rings. The Bertz CT molecular complexity index is 745. The molecule has 0 aliphatic carbocycles. The van der Waals surface area contributed by atoms with Gasteiger partial charge in [0, 0.05) is 11.4 Å². The van der Waals surface area contributed by atoms with Crippen molar-refractivity contribution < 1.29 is 9.59 Å². The van der Waals surface area contributed by atoms with Gasteiger partial charge in [-0.3, -0.25) is 9.59 Å². The monoisotopic (exact) mass is 294 g/mol. The first kappa shape index (κ1) is 14.3. The van der Waals surface area contributed by atoms with E-state index in [1.807, 2.05) is 44.2 Å². The van der Waals surface area contributed by atoms with Crippen LogP contribution in [0.15, 0.2) is 36.4 Å². The highest BCUT2D eigenvalue weighted by Crippen LogP contribution is 2.24. The van der Waals surface area contributed by atoms with Crippen molar-refractivity contribution in [3.63, 3.8) is 0 Å². The topological polar surface area (TPSA) is 58.2 Å². The van der Waals surface area contributed by atoms with Crippen molar-refractivity contribution in [3.05, 3.63) is 58.7 Å². The smallest absolute Gasteiger partial charge is 0.228 e. The molecule has 0 unspecified atom stereocenters. The summed E-state index contributed by atoms with van der Waals surface area (Å²) >= 11 is 0. The molecule has 0 aromatic heterocycles. The van der Waals surface area contributed by atoms with E-state index in [1.54, 1.807) is 0 Å². The molecule has 4 nitrogen and oxygen atoms in total. The molecule has 22 heavy (non-hydrogen) atoms. The van der Waals surface area contributed by atoms with Gasteiger partial charge in [-0.1, -0.05) is 18.2 Å². The third-order valence-corrected chi connectivity index (χ3v) is 3.66. The van der Waals surface area contributed by atoms with Gasteiger partial charge in [0.25, 0.3) is 0 Å². The van der Waals surface area contributed by atoms with Gasteiger partial charge in [0.15, 0.2) is 0 Å². The quantitative estimate of drug-likeness (QED) is 0.914. The zero-order valence-electron chi connectivity index (χ0n) is 12.7. The van der Waals surface area contributed by atoms with Crippen LogP contribution in [0, 0.1) is 13.8 Å². The number of rotatable bonds is 3. The molecular weight excluding hydrogens is 276 g/mol. The predicted molar refractivity (Wildman–Crippen MR) is 87.0 cm³/mol. The van der Waals surface area contributed by atoms with Crippen LogP contribution in [0.4, 0.5) is 11.4 Å². The van der Waals surface area contributed by atoms with Crippen molar-refractivity contribution in [2.24, 2.45) is 0 Å². The number of anilines is 2. The maximum absolute atomic E-state index is 12.2. The summed E-state index contributed by atoms with van der Waals surface area (Å²) in [6, 6.07) is 11.6. The molecule has 0 atom stereocenters. The Balaban J connectivity index is 1.69. The molecule has 4 heteroatoms. The second-order valence-electron chi connectivity index (χ2n) is 5.82. The maximum atomic E-state index is 12.2. The molecular formula is C18H18N2O2. The van der Waals surface area contributed by atoms with Crippen LogP contribution < -0.4 is 10.6 Å². The van der Waals surface area contributed by atoms with E-state index >= 15 is 0 Å². The number of aryl methyl sites for hydroxylation is 2. The van der Waals surface area contributed by atoms with Crippen LogP contribution in [0.3, 0.4) is 0 Å². The average Bonchev–Trinajstić information content (AvgIpc) is 2.76. The SMILES string of the molecule is Cc1cc(C)cc(NC(=O)Cc2ccc3c(c2)CC(=O)N3)c1. The highest BCUT2D eigenvalue weighted by molar-refractivity contribution is 5.99. The predicted octanol–water partition coefficient (Wildman–Crippen LogP) is 2.98. The van der Waals surface area contributed by atoms with E-state index in [4.69, 9.17) is 0 Å². The van der Waals surface area contributed by atoms with E-state index in [0.29, 0.717) is 12.8 Å². The third-order valence-electron chi connectivity index (χ3n) is 3.66. The number of benzene rings is 2. The molecule has 1 heterocycles. The Morgan fingerprint density at radius 1 is 1.14 bits per heavy atom. The molecule has 2 amide bonds. The summed E-state index contributed by atoms with van der Waals surface area (Å²) in [6.07, 6.45) is 0.691. The van der Waals surface area contributed by atoms with Crippen molar-refractivity contribution in [2.75, 3.05) is 10.6 Å². The Kier molecular flexibility index (Phi) is 3.67. The number of amides is 2. The summed E-state index contributed by atoms with van der Waals surface area (Å²) in [7, 11) is 0. The molecule has 2 aromatic carbocycles. The van der Waals surface area contributed by atoms with Gasteiger partial charge < -0.3 is 10.6 Å². The van der Waals surface area contributed by atoms with Gasteiger partial charge in [-0.05, 0) is 54.3 Å². The number of fused-ring (bicyclic) bond motifs is 1. The largest absolute Gasteiger partial charge is 0.326 e. The van der Waals surface area contributed by atoms with Gasteiger partial charge in [-0.25, -0.2) is 0 Å². The van der Waals surface area contributed by atoms with Crippen LogP contribution in [-0.2, 0) is 22.4 Å². The summed E-state index contributed by atoms with van der Waals surface area (Å²) < 4.78 is 0. The van der Waals surface area contributed by atoms with Crippen molar-refractivity contribution in [3.8, 4) is 0 Å². The number of carbonyl (C=O) groups is 2. The van der Waals surface area contributed by atoms with Crippen LogP contribution in [0.1, 0.15) is 22.3 Å². The fourth-order valence-corrected chi connectivity index (χ4v) is 2.83. The lowest BCUT2D eigenvalue weighted by Gasteiger charge is -2.08. The lowest BCUT2D eigenvalue weighted by molar-refractivity contribution is -0.116. The molecule has 3 rings (SSSR count). The van der Waals surface area contributed by atoms with Crippen molar-refractivity contribution >= 4 is 23.2 Å². The minimum Gasteiger partial charge on any atom is -0.326 e. The van der Waals surface area contributed by atoms with Gasteiger partial charge in [0.2, 0.25) is 11.8 Å². The maximum Gasteiger partial charge on any atom is 0.228 e. The van der Waals surface area contributed by atoms with E-state index in [2.05, 4.69) is 16.7 Å². The Labute approximate surface area is 129 Å². The average molecular weight is 294 g/mol. The summed E-state index contributed by atoms with van der Waals surface area (Å²) in [4.78, 5) is 23.5. The summed E-state index contributed by atoms with van der Waals surface area (Å²) in [5, 5.41) is 5.72. The number of hydrogen-bond acceptors (Lipinski definition) is 2. The van der Waals surface area contributed by atoms with Crippen LogP contribution in [0.25, 0.3) is 0 Å². The first-order chi connectivity index (χ1) is 10.5. The zero-order valence-corrected chi connectivity index (χ0v) is 12.7. The molecule has 0 saturated carbocycles. The summed E-state index contributed by atoms with van der Waals surface area (Å²) in [5.41, 5.74) is 5.79. The molecule has 112 valence electrons. The van der Waals surface area contributed by atoms with E-state index in [1.165, 1.54) is 0 Å². The van der Waals surface area contributed by atoms with Crippen molar-refractivity contribution in [2.45, 2.75) is 26.7 Å². The van der Waals surface area contributed by atoms with Gasteiger partial charge in [0.1, 0.15) is 0 Å². The second kappa shape index (κ2) is 5.64. The number of carbonyl (C=O) groups excluding carboxylic acids is 2. The molecule has 2 N–H and O–H groups in total. The van der Waals surface area contributed by atoms with E-state index in [9.17, 15) is 9.59 Å². The normalized spacial score (nSPS) is 12.7. The van der Waals surface area contributed by atoms with E-state index in [-0.39, 0.29) is 11.8 Å². The molecule has 0 radical (unpaired) electrons. The highest BCUT2D eigenvalue weighted by Gasteiger charge is 2.18. The first-order valence-corrected chi connectivity index (χ1v) is 7.29. The fraction of sp³-hybridized carbons (Fsp3) is 0.222. The molecule has 0 saturated heterocycles. The third kappa shape index (κ3) is 3.17. The molecule has 1 aliphatic rings. The van der Waals surface area contributed by atoms with Crippen molar-refractivity contribution in [1.82, 2.24) is 0 Å². The molecule has 1 aliphatic heterocycles. The molecule has 0 fully saturated rings. The lowest BCUT2D eigenvalue weighted by Crippen LogP contribution is -2.14. The van der Waals surface area contributed by atoms with E-state index in [0.717, 1.165) is 33.6 Å². The Morgan fingerprint density at radius 3 is 2.59 bits per heavy atom. The molecule has 0 spiro atoms. The van der Waals surface area contributed by atoms with Gasteiger partial charge in [-0.2, -0.15) is 0 Å². The summed E-state index contributed by atoms with van der Waals surface area (Å²) in [6.45, 7) is 4.01. The Morgan fingerprint density at radius 2 is 1.86 bits per heavy atom. The van der Waals surface area contributed by atoms with Crippen LogP contribution >= 0.6 is 0 Å². The number of nitrogens with one attached hydrogen (secondary N) is 2. The fourth-order valence-electron chi connectivity index (χ4n) is 2.83.